The number of rotatable bonds is 11. The Labute approximate surface area is 207 Å². The highest BCUT2D eigenvalue weighted by Crippen LogP contribution is 2.26. The van der Waals surface area contributed by atoms with E-state index < -0.39 is 11.0 Å². The number of aliphatic hydroxyl groups excluding tert-OH is 1. The number of hydrogen-bond donors (Lipinski definition) is 1. The van der Waals surface area contributed by atoms with Crippen LogP contribution in [0.2, 0.25) is 0 Å². The van der Waals surface area contributed by atoms with E-state index in [4.69, 9.17) is 14.6 Å². The van der Waals surface area contributed by atoms with E-state index >= 15 is 0 Å². The summed E-state index contributed by atoms with van der Waals surface area (Å²) in [4.78, 5) is 16.9. The fourth-order valence-corrected chi connectivity index (χ4v) is 5.34. The van der Waals surface area contributed by atoms with Crippen LogP contribution in [0.5, 0.6) is 5.75 Å². The van der Waals surface area contributed by atoms with Crippen LogP contribution in [-0.2, 0) is 20.5 Å². The molecule has 1 aliphatic heterocycles. The average molecular weight is 498 g/mol. The summed E-state index contributed by atoms with van der Waals surface area (Å²) in [6.45, 7) is 8.37. The largest absolute Gasteiger partial charge is 0.497 e. The second-order valence-corrected chi connectivity index (χ2v) is 10.6. The molecule has 1 unspecified atom stereocenters. The number of hydrogen-bond acceptors (Lipinski definition) is 6. The maximum Gasteiger partial charge on any atom is 0.248 e. The van der Waals surface area contributed by atoms with E-state index in [2.05, 4.69) is 4.90 Å². The van der Waals surface area contributed by atoms with E-state index in [1.165, 1.54) is 32.4 Å². The van der Waals surface area contributed by atoms with Gasteiger partial charge in [-0.1, -0.05) is 0 Å². The third kappa shape index (κ3) is 8.61. The fourth-order valence-electron chi connectivity index (χ4n) is 4.12. The predicted molar refractivity (Wildman–Crippen MR) is 135 cm³/mol. The molecule has 34 heavy (non-hydrogen) atoms. The van der Waals surface area contributed by atoms with Crippen molar-refractivity contribution in [2.75, 3.05) is 67.2 Å². The topological polar surface area (TPSA) is 82.5 Å². The molecule has 1 amide bonds. The molecule has 0 spiro atoms. The van der Waals surface area contributed by atoms with Crippen molar-refractivity contribution in [3.8, 4) is 5.75 Å². The Balaban J connectivity index is 0.000000430. The van der Waals surface area contributed by atoms with E-state index in [0.717, 1.165) is 41.2 Å². The fraction of sp³-hybridized carbons (Fsp3) is 0.720. The Hall–Kier alpha value is -1.52. The number of methoxy groups -OCH3 is 1. The highest BCUT2D eigenvalue weighted by molar-refractivity contribution is 7.82. The summed E-state index contributed by atoms with van der Waals surface area (Å²) in [7, 11) is 3.98. The van der Waals surface area contributed by atoms with Crippen LogP contribution in [0, 0.1) is 13.8 Å². The second-order valence-electron chi connectivity index (χ2n) is 9.11. The first-order valence-electron chi connectivity index (χ1n) is 12.2. The third-order valence-corrected chi connectivity index (χ3v) is 8.28. The van der Waals surface area contributed by atoms with Gasteiger partial charge in [0, 0.05) is 33.2 Å². The summed E-state index contributed by atoms with van der Waals surface area (Å²) in [5, 5.41) is 8.48. The van der Waals surface area contributed by atoms with Crippen molar-refractivity contribution in [2.24, 2.45) is 0 Å². The van der Waals surface area contributed by atoms with Gasteiger partial charge in [-0.2, -0.15) is 0 Å². The van der Waals surface area contributed by atoms with Gasteiger partial charge in [-0.05, 0) is 82.3 Å². The number of likely N-dealkylation sites (N-methyl/N-ethyl adjacent to an activating group) is 2. The van der Waals surface area contributed by atoms with E-state index in [1.807, 2.05) is 33.0 Å². The van der Waals surface area contributed by atoms with E-state index in [-0.39, 0.29) is 12.5 Å². The van der Waals surface area contributed by atoms with Gasteiger partial charge in [-0.25, -0.2) is 8.51 Å². The summed E-state index contributed by atoms with van der Waals surface area (Å²) in [6, 6.07) is 4.15. The molecule has 2 fully saturated rings. The van der Waals surface area contributed by atoms with Gasteiger partial charge in [-0.15, -0.1) is 0 Å². The normalized spacial score (nSPS) is 17.1. The van der Waals surface area contributed by atoms with Crippen LogP contribution in [0.1, 0.15) is 43.2 Å². The van der Waals surface area contributed by atoms with Gasteiger partial charge in [0.25, 0.3) is 0 Å². The first kappa shape index (κ1) is 28.7. The van der Waals surface area contributed by atoms with Gasteiger partial charge in [0.2, 0.25) is 5.91 Å². The van der Waals surface area contributed by atoms with Crippen LogP contribution < -0.4 is 4.74 Å². The molecular weight excluding hydrogens is 454 g/mol. The number of aliphatic hydroxyl groups is 1. The van der Waals surface area contributed by atoms with Gasteiger partial charge < -0.3 is 24.4 Å². The Bertz CT molecular complexity index is 774. The van der Waals surface area contributed by atoms with Crippen molar-refractivity contribution in [1.29, 1.82) is 0 Å². The van der Waals surface area contributed by atoms with Crippen LogP contribution in [0.25, 0.3) is 0 Å². The van der Waals surface area contributed by atoms with Gasteiger partial charge in [0.1, 0.15) is 23.3 Å². The molecule has 194 valence electrons. The van der Waals surface area contributed by atoms with E-state index in [9.17, 15) is 9.00 Å². The van der Waals surface area contributed by atoms with Crippen molar-refractivity contribution in [3.63, 3.8) is 0 Å². The van der Waals surface area contributed by atoms with Crippen molar-refractivity contribution in [3.05, 3.63) is 23.3 Å². The molecule has 3 rings (SSSR count). The number of ether oxygens (including phenoxy) is 2. The molecule has 9 heteroatoms. The van der Waals surface area contributed by atoms with Gasteiger partial charge in [0.05, 0.1) is 25.2 Å². The first-order valence-corrected chi connectivity index (χ1v) is 13.3. The first-order chi connectivity index (χ1) is 16.3. The Morgan fingerprint density at radius 3 is 2.26 bits per heavy atom. The maximum absolute atomic E-state index is 12.8. The molecule has 8 nitrogen and oxygen atoms in total. The lowest BCUT2D eigenvalue weighted by atomic mass is 9.92. The number of β-amino-alcohol motifs (C(OH)–C–C–N with tert-alkyl or cyclic N) is 1. The SMILES string of the molecule is COc1cc(C)c(S(=O)N(C)CCOCC(=O)N(C)C2CCC2)c(C)c1.OCCN1CCCC1. The van der Waals surface area contributed by atoms with Gasteiger partial charge >= 0.3 is 0 Å². The number of likely N-dealkylation sites (tertiary alicyclic amines) is 1. The van der Waals surface area contributed by atoms with Crippen LogP contribution in [-0.4, -0.2) is 103 Å². The molecule has 1 aliphatic carbocycles. The Morgan fingerprint density at radius 1 is 1.15 bits per heavy atom. The lowest BCUT2D eigenvalue weighted by molar-refractivity contribution is -0.138. The lowest BCUT2D eigenvalue weighted by Crippen LogP contribution is -2.43. The third-order valence-electron chi connectivity index (χ3n) is 6.53. The highest BCUT2D eigenvalue weighted by Gasteiger charge is 2.25. The van der Waals surface area contributed by atoms with Crippen molar-refractivity contribution < 1.29 is 23.6 Å². The highest BCUT2D eigenvalue weighted by atomic mass is 32.2. The summed E-state index contributed by atoms with van der Waals surface area (Å²) in [5.41, 5.74) is 1.87. The molecule has 1 aromatic carbocycles. The Kier molecular flexibility index (Phi) is 12.5. The summed E-state index contributed by atoms with van der Waals surface area (Å²) in [5.74, 6) is 0.779. The molecule has 1 heterocycles. The molecule has 1 saturated carbocycles. The van der Waals surface area contributed by atoms with E-state index in [1.54, 1.807) is 23.4 Å². The monoisotopic (exact) mass is 497 g/mol. The summed E-state index contributed by atoms with van der Waals surface area (Å²) >= 11 is 0. The summed E-state index contributed by atoms with van der Waals surface area (Å²) < 4.78 is 25.3. The average Bonchev–Trinajstić information content (AvgIpc) is 3.28. The quantitative estimate of drug-likeness (QED) is 0.473. The van der Waals surface area contributed by atoms with Gasteiger partial charge in [-0.3, -0.25) is 4.79 Å². The summed E-state index contributed by atoms with van der Waals surface area (Å²) in [6.07, 6.45) is 6.01. The molecule has 1 aromatic rings. The van der Waals surface area contributed by atoms with Gasteiger partial charge in [0.15, 0.2) is 0 Å². The number of amides is 1. The molecule has 2 aliphatic rings. The zero-order valence-corrected chi connectivity index (χ0v) is 22.4. The minimum atomic E-state index is -1.28. The lowest BCUT2D eigenvalue weighted by Gasteiger charge is -2.34. The van der Waals surface area contributed by atoms with Crippen LogP contribution in [0.4, 0.5) is 0 Å². The smallest absolute Gasteiger partial charge is 0.248 e. The number of benzene rings is 1. The maximum atomic E-state index is 12.8. The number of nitrogens with zero attached hydrogens (tertiary/aromatic N) is 3. The molecule has 1 N–H and O–H groups in total. The Morgan fingerprint density at radius 2 is 1.76 bits per heavy atom. The molecule has 0 bridgehead atoms. The van der Waals surface area contributed by atoms with Crippen LogP contribution >= 0.6 is 0 Å². The standard InChI is InChI=1S/C19H30N2O4S.C6H13NO/c1-14-11-17(24-5)12-15(2)19(14)26(23)20(3)9-10-25-13-18(22)21(4)16-7-6-8-16;8-6-5-7-3-1-2-4-7/h11-12,16H,6-10,13H2,1-5H3;8H,1-6H2. The van der Waals surface area contributed by atoms with Crippen molar-refractivity contribution >= 4 is 16.9 Å². The number of carbonyl (C=O) groups is 1. The van der Waals surface area contributed by atoms with Crippen LogP contribution in [0.15, 0.2) is 17.0 Å². The van der Waals surface area contributed by atoms with Crippen molar-refractivity contribution in [1.82, 2.24) is 14.1 Å². The molecule has 1 atom stereocenters. The zero-order valence-electron chi connectivity index (χ0n) is 21.5. The minimum absolute atomic E-state index is 0.0142. The predicted octanol–water partition coefficient (Wildman–Crippen LogP) is 2.37. The molecule has 0 aromatic heterocycles. The minimum Gasteiger partial charge on any atom is -0.497 e. The molecular formula is C25H43N3O5S. The number of aryl methyl sites for hydroxylation is 2. The molecule has 1 saturated heterocycles. The van der Waals surface area contributed by atoms with E-state index in [0.29, 0.717) is 25.8 Å². The zero-order chi connectivity index (χ0) is 25.1. The van der Waals surface area contributed by atoms with Crippen molar-refractivity contribution in [2.45, 2.75) is 56.9 Å². The van der Waals surface area contributed by atoms with Crippen LogP contribution in [0.3, 0.4) is 0 Å². The molecule has 0 radical (unpaired) electrons. The second kappa shape index (κ2) is 14.8. The number of carbonyl (C=O) groups excluding carboxylic acids is 1.